The number of nitrogens with zero attached hydrogens (tertiary/aromatic N) is 1. The number of halogens is 2. The number of methoxy groups -OCH3 is 1. The third kappa shape index (κ3) is 2.87. The van der Waals surface area contributed by atoms with Gasteiger partial charge < -0.3 is 9.72 Å². The maximum Gasteiger partial charge on any atom is 0.309 e. The molecule has 0 bridgehead atoms. The minimum Gasteiger partial charge on any atom is -0.469 e. The van der Waals surface area contributed by atoms with Crippen LogP contribution in [0.25, 0.3) is 0 Å². The van der Waals surface area contributed by atoms with E-state index in [2.05, 4.69) is 4.74 Å². The Bertz CT molecular complexity index is 531. The first-order valence-corrected chi connectivity index (χ1v) is 4.50. The van der Waals surface area contributed by atoms with E-state index in [0.717, 1.165) is 13.2 Å². The number of pyridine rings is 1. The zero-order valence-electron chi connectivity index (χ0n) is 8.79. The number of aromatic nitrogens is 1. The Morgan fingerprint density at radius 3 is 2.76 bits per heavy atom. The van der Waals surface area contributed by atoms with Crippen molar-refractivity contribution in [3.8, 4) is 6.07 Å². The Kier molecular flexibility index (Phi) is 3.93. The molecule has 1 rings (SSSR count). The predicted octanol–water partition coefficient (Wildman–Crippen LogP) is 0.900. The number of hydrogen-bond acceptors (Lipinski definition) is 4. The summed E-state index contributed by atoms with van der Waals surface area (Å²) in [5.41, 5.74) is -2.10. The molecule has 1 aromatic heterocycles. The normalized spacial score (nSPS) is 10.1. The molecule has 0 aliphatic heterocycles. The van der Waals surface area contributed by atoms with Crippen LogP contribution >= 0.6 is 0 Å². The van der Waals surface area contributed by atoms with Gasteiger partial charge in [0.1, 0.15) is 11.8 Å². The molecule has 0 fully saturated rings. The van der Waals surface area contributed by atoms with Gasteiger partial charge in [-0.1, -0.05) is 0 Å². The standard InChI is InChI=1S/C10H8F2N2O3/c1-17-8(16)3-5-2-7(15)14-6(4-13)9(5)10(11)12/h2,10H,3H2,1H3,(H,14,15). The van der Waals surface area contributed by atoms with Crippen molar-refractivity contribution in [2.75, 3.05) is 7.11 Å². The average Bonchev–Trinajstić information content (AvgIpc) is 2.27. The fraction of sp³-hybridized carbons (Fsp3) is 0.300. The van der Waals surface area contributed by atoms with E-state index in [9.17, 15) is 18.4 Å². The lowest BCUT2D eigenvalue weighted by molar-refractivity contribution is -0.139. The van der Waals surface area contributed by atoms with E-state index in [-0.39, 0.29) is 5.56 Å². The van der Waals surface area contributed by atoms with Crippen molar-refractivity contribution in [1.29, 1.82) is 5.26 Å². The molecule has 0 aliphatic rings. The number of hydrogen-bond donors (Lipinski definition) is 1. The Balaban J connectivity index is 3.37. The molecule has 17 heavy (non-hydrogen) atoms. The zero-order chi connectivity index (χ0) is 13.0. The van der Waals surface area contributed by atoms with Crippen molar-refractivity contribution in [1.82, 2.24) is 4.98 Å². The smallest absolute Gasteiger partial charge is 0.309 e. The van der Waals surface area contributed by atoms with Crippen LogP contribution in [0.1, 0.15) is 23.2 Å². The monoisotopic (exact) mass is 242 g/mol. The molecule has 0 atom stereocenters. The number of carbonyl (C=O) groups excluding carboxylic acids is 1. The molecule has 0 radical (unpaired) electrons. The van der Waals surface area contributed by atoms with Gasteiger partial charge in [-0.15, -0.1) is 0 Å². The van der Waals surface area contributed by atoms with Gasteiger partial charge in [0, 0.05) is 6.07 Å². The van der Waals surface area contributed by atoms with Gasteiger partial charge in [0.15, 0.2) is 0 Å². The minimum absolute atomic E-state index is 0.202. The fourth-order valence-electron chi connectivity index (χ4n) is 1.33. The third-order valence-electron chi connectivity index (χ3n) is 2.06. The van der Waals surface area contributed by atoms with Crippen molar-refractivity contribution >= 4 is 5.97 Å². The Morgan fingerprint density at radius 2 is 2.29 bits per heavy atom. The van der Waals surface area contributed by atoms with Gasteiger partial charge in [0.2, 0.25) is 5.56 Å². The first-order chi connectivity index (χ1) is 7.99. The van der Waals surface area contributed by atoms with Crippen LogP contribution in [-0.2, 0) is 16.0 Å². The van der Waals surface area contributed by atoms with Gasteiger partial charge >= 0.3 is 5.97 Å². The second-order valence-electron chi connectivity index (χ2n) is 3.11. The average molecular weight is 242 g/mol. The highest BCUT2D eigenvalue weighted by molar-refractivity contribution is 5.73. The van der Waals surface area contributed by atoms with E-state index in [1.165, 1.54) is 6.07 Å². The fourth-order valence-corrected chi connectivity index (χ4v) is 1.33. The molecule has 1 heterocycles. The number of H-pyrrole nitrogens is 1. The largest absolute Gasteiger partial charge is 0.469 e. The van der Waals surface area contributed by atoms with Gasteiger partial charge in [-0.3, -0.25) is 9.59 Å². The number of ether oxygens (including phenoxy) is 1. The molecule has 1 aromatic rings. The van der Waals surface area contributed by atoms with E-state index < -0.39 is 35.6 Å². The molecule has 0 unspecified atom stereocenters. The summed E-state index contributed by atoms with van der Waals surface area (Å²) in [4.78, 5) is 24.1. The molecule has 7 heteroatoms. The molecule has 0 saturated heterocycles. The molecule has 0 amide bonds. The summed E-state index contributed by atoms with van der Waals surface area (Å²) >= 11 is 0. The lowest BCUT2D eigenvalue weighted by atomic mass is 10.0. The van der Waals surface area contributed by atoms with Crippen molar-refractivity contribution in [2.24, 2.45) is 0 Å². The maximum absolute atomic E-state index is 12.7. The molecule has 5 nitrogen and oxygen atoms in total. The van der Waals surface area contributed by atoms with Crippen LogP contribution in [0.2, 0.25) is 0 Å². The summed E-state index contributed by atoms with van der Waals surface area (Å²) in [5, 5.41) is 8.64. The molecule has 0 aromatic carbocycles. The van der Waals surface area contributed by atoms with E-state index in [4.69, 9.17) is 5.26 Å². The highest BCUT2D eigenvalue weighted by atomic mass is 19.3. The Hall–Kier alpha value is -2.23. The van der Waals surface area contributed by atoms with Crippen LogP contribution in [0.4, 0.5) is 8.78 Å². The molecule has 1 N–H and O–H groups in total. The molecular weight excluding hydrogens is 234 g/mol. The Morgan fingerprint density at radius 1 is 1.65 bits per heavy atom. The topological polar surface area (TPSA) is 83.0 Å². The summed E-state index contributed by atoms with van der Waals surface area (Å²) in [7, 11) is 1.10. The van der Waals surface area contributed by atoms with Crippen molar-refractivity contribution in [3.63, 3.8) is 0 Å². The van der Waals surface area contributed by atoms with Gasteiger partial charge in [-0.05, 0) is 5.56 Å². The van der Waals surface area contributed by atoms with E-state index in [1.54, 1.807) is 0 Å². The number of carbonyl (C=O) groups is 1. The summed E-state index contributed by atoms with van der Waals surface area (Å²) < 4.78 is 29.8. The SMILES string of the molecule is COC(=O)Cc1cc(=O)[nH]c(C#N)c1C(F)F. The summed E-state index contributed by atoms with van der Waals surface area (Å²) in [6.07, 6.45) is -3.43. The first-order valence-electron chi connectivity index (χ1n) is 4.50. The highest BCUT2D eigenvalue weighted by Crippen LogP contribution is 2.24. The number of alkyl halides is 2. The van der Waals surface area contributed by atoms with Crippen LogP contribution in [0.5, 0.6) is 0 Å². The second kappa shape index (κ2) is 5.21. The number of nitrogens with one attached hydrogen (secondary N) is 1. The number of nitriles is 1. The van der Waals surface area contributed by atoms with Crippen molar-refractivity contribution in [2.45, 2.75) is 12.8 Å². The number of rotatable bonds is 3. The Labute approximate surface area is 94.6 Å². The maximum atomic E-state index is 12.7. The van der Waals surface area contributed by atoms with E-state index in [1.807, 2.05) is 4.98 Å². The summed E-state index contributed by atoms with van der Waals surface area (Å²) in [6.45, 7) is 0. The van der Waals surface area contributed by atoms with Crippen molar-refractivity contribution < 1.29 is 18.3 Å². The highest BCUT2D eigenvalue weighted by Gasteiger charge is 2.21. The minimum atomic E-state index is -2.96. The molecular formula is C10H8F2N2O3. The lowest BCUT2D eigenvalue weighted by Gasteiger charge is -2.08. The quantitative estimate of drug-likeness (QED) is 0.798. The molecule has 0 aliphatic carbocycles. The zero-order valence-corrected chi connectivity index (χ0v) is 8.79. The third-order valence-corrected chi connectivity index (χ3v) is 2.06. The first kappa shape index (κ1) is 12.8. The van der Waals surface area contributed by atoms with E-state index >= 15 is 0 Å². The van der Waals surface area contributed by atoms with Crippen LogP contribution < -0.4 is 5.56 Å². The number of aromatic amines is 1. The van der Waals surface area contributed by atoms with Gasteiger partial charge in [-0.2, -0.15) is 5.26 Å². The van der Waals surface area contributed by atoms with Crippen LogP contribution in [-0.4, -0.2) is 18.1 Å². The molecule has 0 saturated carbocycles. The van der Waals surface area contributed by atoms with Gasteiger partial charge in [-0.25, -0.2) is 8.78 Å². The van der Waals surface area contributed by atoms with Crippen LogP contribution in [0.3, 0.4) is 0 Å². The van der Waals surface area contributed by atoms with Gasteiger partial charge in [0.05, 0.1) is 19.1 Å². The van der Waals surface area contributed by atoms with Gasteiger partial charge in [0.25, 0.3) is 6.43 Å². The predicted molar refractivity (Wildman–Crippen MR) is 52.5 cm³/mol. The summed E-state index contributed by atoms with van der Waals surface area (Å²) in [6, 6.07) is 2.32. The van der Waals surface area contributed by atoms with Crippen LogP contribution in [0, 0.1) is 11.3 Å². The van der Waals surface area contributed by atoms with Crippen molar-refractivity contribution in [3.05, 3.63) is 33.2 Å². The lowest BCUT2D eigenvalue weighted by Crippen LogP contribution is -2.16. The molecule has 0 spiro atoms. The number of esters is 1. The summed E-state index contributed by atoms with van der Waals surface area (Å²) in [5.74, 6) is -0.763. The molecule has 90 valence electrons. The van der Waals surface area contributed by atoms with E-state index in [0.29, 0.717) is 0 Å². The second-order valence-corrected chi connectivity index (χ2v) is 3.11. The van der Waals surface area contributed by atoms with Crippen LogP contribution in [0.15, 0.2) is 10.9 Å².